The van der Waals surface area contributed by atoms with E-state index in [2.05, 4.69) is 6.92 Å². The number of hydrogen-bond acceptors (Lipinski definition) is 5. The summed E-state index contributed by atoms with van der Waals surface area (Å²) in [4.78, 5) is 0. The lowest BCUT2D eigenvalue weighted by molar-refractivity contribution is -0.121. The van der Waals surface area contributed by atoms with Crippen molar-refractivity contribution in [3.63, 3.8) is 0 Å². The highest BCUT2D eigenvalue weighted by Gasteiger charge is 2.48. The SMILES string of the molecule is COc1ccc([B-]23OCC(C)(CO2)CO3)o1. The molecule has 0 spiro atoms. The van der Waals surface area contributed by atoms with Crippen molar-refractivity contribution in [2.45, 2.75) is 6.92 Å². The Morgan fingerprint density at radius 3 is 2.31 bits per heavy atom. The molecule has 0 N–H and O–H groups in total. The molecule has 0 aliphatic carbocycles. The van der Waals surface area contributed by atoms with Gasteiger partial charge < -0.3 is 23.1 Å². The fourth-order valence-corrected chi connectivity index (χ4v) is 2.08. The highest BCUT2D eigenvalue weighted by atomic mass is 16.8. The van der Waals surface area contributed by atoms with Crippen LogP contribution in [0.15, 0.2) is 16.5 Å². The normalized spacial score (nSPS) is 37.6. The van der Waals surface area contributed by atoms with E-state index in [0.29, 0.717) is 31.4 Å². The molecular formula is C10H14BO5-. The van der Waals surface area contributed by atoms with E-state index < -0.39 is 6.75 Å². The van der Waals surface area contributed by atoms with Crippen LogP contribution in [0.4, 0.5) is 0 Å². The minimum atomic E-state index is -1.88. The molecular weight excluding hydrogens is 211 g/mol. The minimum Gasteiger partial charge on any atom is -0.538 e. The zero-order chi connectivity index (χ0) is 11.2. The predicted molar refractivity (Wildman–Crippen MR) is 56.6 cm³/mol. The van der Waals surface area contributed by atoms with Gasteiger partial charge in [-0.25, -0.2) is 0 Å². The van der Waals surface area contributed by atoms with Crippen molar-refractivity contribution in [3.05, 3.63) is 12.1 Å². The molecule has 0 atom stereocenters. The lowest BCUT2D eigenvalue weighted by Crippen LogP contribution is -2.68. The third-order valence-electron chi connectivity index (χ3n) is 3.11. The van der Waals surface area contributed by atoms with Crippen LogP contribution in [-0.4, -0.2) is 33.7 Å². The Morgan fingerprint density at radius 2 is 1.81 bits per heavy atom. The van der Waals surface area contributed by atoms with Gasteiger partial charge in [0.2, 0.25) is 0 Å². The Morgan fingerprint density at radius 1 is 1.19 bits per heavy atom. The van der Waals surface area contributed by atoms with Gasteiger partial charge in [-0.3, -0.25) is 0 Å². The van der Waals surface area contributed by atoms with Crippen molar-refractivity contribution < 1.29 is 23.1 Å². The van der Waals surface area contributed by atoms with Gasteiger partial charge in [0.05, 0.1) is 7.11 Å². The van der Waals surface area contributed by atoms with Crippen LogP contribution in [0.25, 0.3) is 0 Å². The van der Waals surface area contributed by atoms with E-state index >= 15 is 0 Å². The molecule has 4 rings (SSSR count). The quantitative estimate of drug-likeness (QED) is 0.686. The van der Waals surface area contributed by atoms with Gasteiger partial charge in [0, 0.05) is 37.0 Å². The van der Waals surface area contributed by atoms with Crippen LogP contribution in [0.5, 0.6) is 5.95 Å². The first-order chi connectivity index (χ1) is 7.66. The molecule has 3 aliphatic rings. The summed E-state index contributed by atoms with van der Waals surface area (Å²) in [6, 6.07) is 3.50. The van der Waals surface area contributed by atoms with Crippen LogP contribution in [0.3, 0.4) is 0 Å². The summed E-state index contributed by atoms with van der Waals surface area (Å²) in [5.74, 6) is 0.431. The lowest BCUT2D eigenvalue weighted by atomic mass is 9.68. The summed E-state index contributed by atoms with van der Waals surface area (Å²) in [6.07, 6.45) is 0. The number of furan rings is 1. The molecule has 16 heavy (non-hydrogen) atoms. The highest BCUT2D eigenvalue weighted by molar-refractivity contribution is 6.74. The zero-order valence-electron chi connectivity index (χ0n) is 9.39. The van der Waals surface area contributed by atoms with Gasteiger partial charge in [0.1, 0.15) is 0 Å². The molecule has 2 bridgehead atoms. The summed E-state index contributed by atoms with van der Waals surface area (Å²) in [6.45, 7) is 2.10. The molecule has 4 heterocycles. The number of rotatable bonds is 2. The molecule has 0 unspecified atom stereocenters. The third kappa shape index (κ3) is 1.37. The number of methoxy groups -OCH3 is 1. The maximum Gasteiger partial charge on any atom is 0.444 e. The predicted octanol–water partition coefficient (Wildman–Crippen LogP) is 0.517. The first kappa shape index (κ1) is 10.2. The van der Waals surface area contributed by atoms with Crippen LogP contribution in [0, 0.1) is 5.41 Å². The van der Waals surface area contributed by atoms with Crippen molar-refractivity contribution in [1.82, 2.24) is 0 Å². The lowest BCUT2D eigenvalue weighted by Gasteiger charge is -2.56. The Bertz CT molecular complexity index is 377. The zero-order valence-corrected chi connectivity index (χ0v) is 9.39. The standard InChI is InChI=1S/C10H14BO5/c1-10-5-13-11(14-6-10,15-7-10)8-3-4-9(12-2)16-8/h3-4H,5-7H2,1-2H3/q-1. The molecule has 0 saturated carbocycles. The van der Waals surface area contributed by atoms with Crippen molar-refractivity contribution >= 4 is 12.4 Å². The van der Waals surface area contributed by atoms with E-state index in [9.17, 15) is 0 Å². The van der Waals surface area contributed by atoms with Crippen molar-refractivity contribution in [2.24, 2.45) is 5.41 Å². The minimum absolute atomic E-state index is 0.0276. The third-order valence-corrected chi connectivity index (χ3v) is 3.11. The summed E-state index contributed by atoms with van der Waals surface area (Å²) < 4.78 is 27.5. The molecule has 3 saturated heterocycles. The molecule has 88 valence electrons. The average Bonchev–Trinajstić information content (AvgIpc) is 2.80. The molecule has 6 heteroatoms. The van der Waals surface area contributed by atoms with E-state index in [-0.39, 0.29) is 5.41 Å². The smallest absolute Gasteiger partial charge is 0.444 e. The van der Waals surface area contributed by atoms with E-state index in [1.807, 2.05) is 0 Å². The maximum absolute atomic E-state index is 5.68. The monoisotopic (exact) mass is 225 g/mol. The summed E-state index contributed by atoms with van der Waals surface area (Å²) in [5, 5.41) is 0. The number of fused-ring (bicyclic) bond motifs is 3. The molecule has 3 aliphatic heterocycles. The molecule has 3 fully saturated rings. The summed E-state index contributed by atoms with van der Waals surface area (Å²) >= 11 is 0. The maximum atomic E-state index is 5.68. The van der Waals surface area contributed by atoms with Gasteiger partial charge in [-0.15, -0.1) is 0 Å². The first-order valence-corrected chi connectivity index (χ1v) is 5.35. The van der Waals surface area contributed by atoms with Crippen LogP contribution in [0.1, 0.15) is 6.92 Å². The van der Waals surface area contributed by atoms with Gasteiger partial charge >= 0.3 is 6.75 Å². The molecule has 1 aromatic rings. The van der Waals surface area contributed by atoms with Crippen LogP contribution in [0.2, 0.25) is 0 Å². The van der Waals surface area contributed by atoms with E-state index in [1.165, 1.54) is 0 Å². The first-order valence-electron chi connectivity index (χ1n) is 5.35. The van der Waals surface area contributed by atoms with E-state index in [0.717, 1.165) is 0 Å². The van der Waals surface area contributed by atoms with Crippen molar-refractivity contribution in [2.75, 3.05) is 26.9 Å². The summed E-state index contributed by atoms with van der Waals surface area (Å²) in [7, 11) is 1.55. The van der Waals surface area contributed by atoms with Crippen LogP contribution < -0.4 is 10.4 Å². The molecule has 0 amide bonds. The van der Waals surface area contributed by atoms with Gasteiger partial charge in [0.25, 0.3) is 5.95 Å². The highest BCUT2D eigenvalue weighted by Crippen LogP contribution is 2.35. The number of hydrogen-bond donors (Lipinski definition) is 0. The fraction of sp³-hybridized carbons (Fsp3) is 0.600. The average molecular weight is 225 g/mol. The van der Waals surface area contributed by atoms with E-state index in [4.69, 9.17) is 23.1 Å². The second kappa shape index (κ2) is 3.26. The van der Waals surface area contributed by atoms with Crippen LogP contribution >= 0.6 is 0 Å². The van der Waals surface area contributed by atoms with Crippen molar-refractivity contribution in [3.8, 4) is 5.95 Å². The van der Waals surface area contributed by atoms with Gasteiger partial charge in [-0.05, 0) is 6.07 Å². The topological polar surface area (TPSA) is 50.1 Å². The Hall–Kier alpha value is -0.975. The fourth-order valence-electron chi connectivity index (χ4n) is 2.08. The Labute approximate surface area is 93.6 Å². The van der Waals surface area contributed by atoms with Gasteiger partial charge in [-0.2, -0.15) is 0 Å². The molecule has 0 radical (unpaired) electrons. The molecule has 5 nitrogen and oxygen atoms in total. The second-order valence-corrected chi connectivity index (χ2v) is 4.75. The van der Waals surface area contributed by atoms with E-state index in [1.54, 1.807) is 19.2 Å². The largest absolute Gasteiger partial charge is 0.538 e. The van der Waals surface area contributed by atoms with Gasteiger partial charge in [-0.1, -0.05) is 6.92 Å². The van der Waals surface area contributed by atoms with Gasteiger partial charge in [0.15, 0.2) is 0 Å². The number of ether oxygens (including phenoxy) is 1. The Kier molecular flexibility index (Phi) is 2.08. The summed E-state index contributed by atoms with van der Waals surface area (Å²) in [5.41, 5.74) is 0.527. The van der Waals surface area contributed by atoms with Crippen LogP contribution in [-0.2, 0) is 14.0 Å². The molecule has 1 aromatic heterocycles. The Balaban J connectivity index is 1.89. The molecule has 0 aromatic carbocycles. The van der Waals surface area contributed by atoms with Crippen molar-refractivity contribution in [1.29, 1.82) is 0 Å². The second-order valence-electron chi connectivity index (χ2n) is 4.75.